The minimum atomic E-state index is -0.532. The fourth-order valence-corrected chi connectivity index (χ4v) is 2.84. The van der Waals surface area contributed by atoms with Crippen molar-refractivity contribution < 1.29 is 4.79 Å². The number of carbonyl (C=O) groups is 1. The number of carbonyl (C=O) groups excluding carboxylic acids is 1. The summed E-state index contributed by atoms with van der Waals surface area (Å²) in [6.45, 7) is 1.90. The van der Waals surface area contributed by atoms with E-state index in [0.717, 1.165) is 18.4 Å². The van der Waals surface area contributed by atoms with E-state index in [1.807, 2.05) is 25.1 Å². The molecule has 0 radical (unpaired) electrons. The standard InChI is InChI=1S/C18H16N4O3/c1-10-4-2-3-5-14(10)20-16(23)11-8-13-15(19-9-11)22(12-6-7-12)18(25)21-17(13)24/h2-5,8-9,12H,6-7H2,1H3,(H,20,23)(H,21,24,25). The Morgan fingerprint density at radius 3 is 2.76 bits per heavy atom. The molecule has 1 aliphatic carbocycles. The fourth-order valence-electron chi connectivity index (χ4n) is 2.84. The van der Waals surface area contributed by atoms with Gasteiger partial charge in [0, 0.05) is 17.9 Å². The van der Waals surface area contributed by atoms with Crippen LogP contribution in [0, 0.1) is 6.92 Å². The van der Waals surface area contributed by atoms with Crippen LogP contribution < -0.4 is 16.6 Å². The molecule has 0 bridgehead atoms. The lowest BCUT2D eigenvalue weighted by atomic mass is 10.1. The van der Waals surface area contributed by atoms with Gasteiger partial charge in [-0.15, -0.1) is 0 Å². The highest BCUT2D eigenvalue weighted by Gasteiger charge is 2.27. The Labute approximate surface area is 142 Å². The number of nitrogens with one attached hydrogen (secondary N) is 2. The number of benzene rings is 1. The summed E-state index contributed by atoms with van der Waals surface area (Å²) in [6, 6.07) is 8.98. The summed E-state index contributed by atoms with van der Waals surface area (Å²) in [6.07, 6.45) is 3.17. The average Bonchev–Trinajstić information content (AvgIpc) is 3.41. The molecule has 1 fully saturated rings. The number of aromatic nitrogens is 3. The first kappa shape index (κ1) is 15.3. The van der Waals surface area contributed by atoms with Gasteiger partial charge < -0.3 is 5.32 Å². The Kier molecular flexibility index (Phi) is 3.49. The number of rotatable bonds is 3. The lowest BCUT2D eigenvalue weighted by Gasteiger charge is -2.10. The lowest BCUT2D eigenvalue weighted by Crippen LogP contribution is -2.30. The third-order valence-electron chi connectivity index (χ3n) is 4.35. The number of fused-ring (bicyclic) bond motifs is 1. The number of aromatic amines is 1. The predicted molar refractivity (Wildman–Crippen MR) is 94.0 cm³/mol. The van der Waals surface area contributed by atoms with E-state index in [-0.39, 0.29) is 22.9 Å². The Bertz CT molecular complexity index is 1110. The van der Waals surface area contributed by atoms with Crippen molar-refractivity contribution in [2.45, 2.75) is 25.8 Å². The fraction of sp³-hybridized carbons (Fsp3) is 0.222. The van der Waals surface area contributed by atoms with Crippen molar-refractivity contribution >= 4 is 22.6 Å². The highest BCUT2D eigenvalue weighted by Crippen LogP contribution is 2.34. The number of amides is 1. The molecule has 126 valence electrons. The quantitative estimate of drug-likeness (QED) is 0.764. The van der Waals surface area contributed by atoms with Gasteiger partial charge in [0.15, 0.2) is 0 Å². The van der Waals surface area contributed by atoms with Crippen LogP contribution >= 0.6 is 0 Å². The molecule has 0 saturated heterocycles. The second-order valence-electron chi connectivity index (χ2n) is 6.22. The molecule has 2 aromatic heterocycles. The van der Waals surface area contributed by atoms with Crippen molar-refractivity contribution in [1.29, 1.82) is 0 Å². The average molecular weight is 336 g/mol. The predicted octanol–water partition coefficient (Wildman–Crippen LogP) is 1.98. The number of aryl methyl sites for hydroxylation is 1. The molecule has 3 aromatic rings. The molecule has 2 N–H and O–H groups in total. The summed E-state index contributed by atoms with van der Waals surface area (Å²) in [7, 11) is 0. The molecule has 2 heterocycles. The zero-order valence-corrected chi connectivity index (χ0v) is 13.6. The molecule has 0 atom stereocenters. The van der Waals surface area contributed by atoms with Crippen LogP contribution in [0.1, 0.15) is 34.8 Å². The number of para-hydroxylation sites is 1. The van der Waals surface area contributed by atoms with Crippen molar-refractivity contribution in [2.24, 2.45) is 0 Å². The molecule has 1 aliphatic rings. The number of pyridine rings is 1. The van der Waals surface area contributed by atoms with Crippen LogP contribution in [0.5, 0.6) is 0 Å². The van der Waals surface area contributed by atoms with Crippen LogP contribution in [0.25, 0.3) is 11.0 Å². The number of anilines is 1. The summed E-state index contributed by atoms with van der Waals surface area (Å²) < 4.78 is 1.50. The van der Waals surface area contributed by atoms with Crippen LogP contribution in [0.15, 0.2) is 46.1 Å². The summed E-state index contributed by atoms with van der Waals surface area (Å²) in [5, 5.41) is 3.05. The van der Waals surface area contributed by atoms with Crippen LogP contribution in [0.3, 0.4) is 0 Å². The molecule has 1 amide bonds. The molecule has 0 aliphatic heterocycles. The molecule has 25 heavy (non-hydrogen) atoms. The van der Waals surface area contributed by atoms with E-state index in [2.05, 4.69) is 15.3 Å². The van der Waals surface area contributed by atoms with E-state index in [1.54, 1.807) is 6.07 Å². The third kappa shape index (κ3) is 2.73. The maximum absolute atomic E-state index is 12.5. The number of hydrogen-bond acceptors (Lipinski definition) is 4. The molecule has 1 saturated carbocycles. The lowest BCUT2D eigenvalue weighted by molar-refractivity contribution is 0.102. The highest BCUT2D eigenvalue weighted by molar-refractivity contribution is 6.05. The Balaban J connectivity index is 1.77. The van der Waals surface area contributed by atoms with Crippen molar-refractivity contribution in [3.05, 3.63) is 68.5 Å². The van der Waals surface area contributed by atoms with E-state index in [9.17, 15) is 14.4 Å². The van der Waals surface area contributed by atoms with Gasteiger partial charge in [-0.25, -0.2) is 9.78 Å². The van der Waals surface area contributed by atoms with Crippen LogP contribution in [-0.4, -0.2) is 20.4 Å². The second kappa shape index (κ2) is 5.70. The molecular formula is C18H16N4O3. The first-order chi connectivity index (χ1) is 12.0. The minimum absolute atomic E-state index is 0.0750. The summed E-state index contributed by atoms with van der Waals surface area (Å²) in [5.41, 5.74) is 1.24. The van der Waals surface area contributed by atoms with Gasteiger partial charge in [-0.1, -0.05) is 18.2 Å². The molecular weight excluding hydrogens is 320 g/mol. The molecule has 1 aromatic carbocycles. The number of hydrogen-bond donors (Lipinski definition) is 2. The van der Waals surface area contributed by atoms with E-state index >= 15 is 0 Å². The minimum Gasteiger partial charge on any atom is -0.322 e. The van der Waals surface area contributed by atoms with E-state index in [4.69, 9.17) is 0 Å². The van der Waals surface area contributed by atoms with Gasteiger partial charge in [-0.3, -0.25) is 19.1 Å². The first-order valence-electron chi connectivity index (χ1n) is 8.06. The van der Waals surface area contributed by atoms with E-state index in [0.29, 0.717) is 11.3 Å². The maximum atomic E-state index is 12.5. The van der Waals surface area contributed by atoms with Crippen molar-refractivity contribution in [1.82, 2.24) is 14.5 Å². The van der Waals surface area contributed by atoms with Crippen molar-refractivity contribution in [3.8, 4) is 0 Å². The van der Waals surface area contributed by atoms with Gasteiger partial charge in [-0.2, -0.15) is 0 Å². The number of nitrogens with zero attached hydrogens (tertiary/aromatic N) is 2. The molecule has 7 heteroatoms. The normalized spacial score (nSPS) is 13.8. The van der Waals surface area contributed by atoms with Gasteiger partial charge in [0.2, 0.25) is 0 Å². The summed E-state index contributed by atoms with van der Waals surface area (Å²) in [4.78, 5) is 43.2. The summed E-state index contributed by atoms with van der Waals surface area (Å²) >= 11 is 0. The summed E-state index contributed by atoms with van der Waals surface area (Å²) in [5.74, 6) is -0.354. The highest BCUT2D eigenvalue weighted by atomic mass is 16.2. The van der Waals surface area contributed by atoms with Crippen molar-refractivity contribution in [3.63, 3.8) is 0 Å². The van der Waals surface area contributed by atoms with Gasteiger partial charge in [0.1, 0.15) is 5.65 Å². The molecule has 0 spiro atoms. The van der Waals surface area contributed by atoms with Gasteiger partial charge in [0.05, 0.1) is 10.9 Å². The SMILES string of the molecule is Cc1ccccc1NC(=O)c1cnc2c(c1)c(=O)[nH]c(=O)n2C1CC1. The Morgan fingerprint density at radius 2 is 2.04 bits per heavy atom. The monoisotopic (exact) mass is 336 g/mol. The topological polar surface area (TPSA) is 96.8 Å². The zero-order valence-electron chi connectivity index (χ0n) is 13.6. The van der Waals surface area contributed by atoms with Crippen LogP contribution in [-0.2, 0) is 0 Å². The Hall–Kier alpha value is -3.22. The molecule has 0 unspecified atom stereocenters. The van der Waals surface area contributed by atoms with Gasteiger partial charge in [-0.05, 0) is 37.5 Å². The smallest absolute Gasteiger partial charge is 0.322 e. The second-order valence-corrected chi connectivity index (χ2v) is 6.22. The third-order valence-corrected chi connectivity index (χ3v) is 4.35. The molecule has 4 rings (SSSR count). The van der Waals surface area contributed by atoms with Crippen LogP contribution in [0.2, 0.25) is 0 Å². The van der Waals surface area contributed by atoms with Crippen LogP contribution in [0.4, 0.5) is 5.69 Å². The molecule has 7 nitrogen and oxygen atoms in total. The van der Waals surface area contributed by atoms with E-state index < -0.39 is 11.2 Å². The van der Waals surface area contributed by atoms with Gasteiger partial charge >= 0.3 is 5.69 Å². The van der Waals surface area contributed by atoms with Gasteiger partial charge in [0.25, 0.3) is 11.5 Å². The largest absolute Gasteiger partial charge is 0.330 e. The first-order valence-corrected chi connectivity index (χ1v) is 8.06. The van der Waals surface area contributed by atoms with Crippen molar-refractivity contribution in [2.75, 3.05) is 5.32 Å². The Morgan fingerprint density at radius 1 is 1.28 bits per heavy atom. The maximum Gasteiger partial charge on any atom is 0.330 e. The zero-order chi connectivity index (χ0) is 17.6. The number of H-pyrrole nitrogens is 1. The van der Waals surface area contributed by atoms with E-state index in [1.165, 1.54) is 16.8 Å².